The summed E-state index contributed by atoms with van der Waals surface area (Å²) in [6.45, 7) is 6.47. The standard InChI is InChI=1S/C24H35NO2/c1-3-5-7-8-10-21-11-13-22(14-12-21)24-16-15-23(20-25-24)27-19-18-26-17-9-6-4-2/h11-16,20H,3-10,17-19H2,1-2H3. The van der Waals surface area contributed by atoms with Crippen LogP contribution in [0, 0.1) is 0 Å². The first kappa shape index (κ1) is 21.4. The molecule has 0 radical (unpaired) electrons. The lowest BCUT2D eigenvalue weighted by molar-refractivity contribution is 0.0972. The van der Waals surface area contributed by atoms with Gasteiger partial charge in [-0.25, -0.2) is 0 Å². The first-order chi connectivity index (χ1) is 13.3. The van der Waals surface area contributed by atoms with Gasteiger partial charge in [0.05, 0.1) is 18.5 Å². The smallest absolute Gasteiger partial charge is 0.137 e. The van der Waals surface area contributed by atoms with Crippen LogP contribution in [-0.4, -0.2) is 24.8 Å². The Hall–Kier alpha value is -1.87. The summed E-state index contributed by atoms with van der Waals surface area (Å²) in [5.74, 6) is 0.795. The van der Waals surface area contributed by atoms with E-state index in [9.17, 15) is 0 Å². The molecule has 0 unspecified atom stereocenters. The van der Waals surface area contributed by atoms with Gasteiger partial charge in [-0.15, -0.1) is 0 Å². The molecular formula is C24H35NO2. The van der Waals surface area contributed by atoms with E-state index in [1.807, 2.05) is 12.1 Å². The maximum atomic E-state index is 5.70. The van der Waals surface area contributed by atoms with Gasteiger partial charge in [-0.2, -0.15) is 0 Å². The summed E-state index contributed by atoms with van der Waals surface area (Å²) in [6, 6.07) is 12.8. The zero-order valence-corrected chi connectivity index (χ0v) is 17.1. The number of benzene rings is 1. The van der Waals surface area contributed by atoms with Crippen LogP contribution in [0.5, 0.6) is 5.75 Å². The summed E-state index contributed by atoms with van der Waals surface area (Å²) in [4.78, 5) is 4.54. The second-order valence-corrected chi connectivity index (χ2v) is 7.05. The van der Waals surface area contributed by atoms with E-state index in [4.69, 9.17) is 9.47 Å². The predicted octanol–water partition coefficient (Wildman–Crippen LogP) is 6.46. The minimum atomic E-state index is 0.569. The molecule has 1 heterocycles. The van der Waals surface area contributed by atoms with E-state index in [0.717, 1.165) is 30.0 Å². The molecule has 0 spiro atoms. The summed E-state index contributed by atoms with van der Waals surface area (Å²) in [6.07, 6.45) is 11.8. The van der Waals surface area contributed by atoms with Crippen LogP contribution >= 0.6 is 0 Å². The summed E-state index contributed by atoms with van der Waals surface area (Å²) in [7, 11) is 0. The molecule has 0 atom stereocenters. The first-order valence-electron chi connectivity index (χ1n) is 10.6. The zero-order valence-electron chi connectivity index (χ0n) is 17.1. The fourth-order valence-corrected chi connectivity index (χ4v) is 3.01. The van der Waals surface area contributed by atoms with Crippen molar-refractivity contribution in [3.8, 4) is 17.0 Å². The molecule has 2 aromatic rings. The van der Waals surface area contributed by atoms with Gasteiger partial charge in [0, 0.05) is 12.2 Å². The molecule has 0 fully saturated rings. The maximum absolute atomic E-state index is 5.70. The quantitative estimate of drug-likeness (QED) is 0.358. The lowest BCUT2D eigenvalue weighted by Gasteiger charge is -2.08. The first-order valence-corrected chi connectivity index (χ1v) is 10.6. The Kier molecular flexibility index (Phi) is 10.6. The van der Waals surface area contributed by atoms with Crippen molar-refractivity contribution in [1.82, 2.24) is 4.98 Å². The molecule has 1 aromatic carbocycles. The minimum Gasteiger partial charge on any atom is -0.490 e. The molecule has 3 heteroatoms. The molecule has 3 nitrogen and oxygen atoms in total. The number of ether oxygens (including phenoxy) is 2. The van der Waals surface area contributed by atoms with Crippen molar-refractivity contribution in [2.75, 3.05) is 19.8 Å². The fraction of sp³-hybridized carbons (Fsp3) is 0.542. The van der Waals surface area contributed by atoms with E-state index in [0.29, 0.717) is 13.2 Å². The number of hydrogen-bond acceptors (Lipinski definition) is 3. The molecular weight excluding hydrogens is 334 g/mol. The molecule has 2 rings (SSSR count). The summed E-state index contributed by atoms with van der Waals surface area (Å²) in [5, 5.41) is 0. The van der Waals surface area contributed by atoms with Gasteiger partial charge in [0.15, 0.2) is 0 Å². The van der Waals surface area contributed by atoms with Crippen LogP contribution in [-0.2, 0) is 11.2 Å². The Balaban J connectivity index is 1.72. The Morgan fingerprint density at radius 2 is 1.52 bits per heavy atom. The van der Waals surface area contributed by atoms with Gasteiger partial charge in [0.25, 0.3) is 0 Å². The van der Waals surface area contributed by atoms with Crippen LogP contribution in [0.2, 0.25) is 0 Å². The SMILES string of the molecule is CCCCCCc1ccc(-c2ccc(OCCOCCCCC)cn2)cc1. The monoisotopic (exact) mass is 369 g/mol. The molecule has 0 saturated heterocycles. The topological polar surface area (TPSA) is 31.4 Å². The largest absolute Gasteiger partial charge is 0.490 e. The molecule has 0 amide bonds. The van der Waals surface area contributed by atoms with E-state index < -0.39 is 0 Å². The average Bonchev–Trinajstić information content (AvgIpc) is 2.71. The van der Waals surface area contributed by atoms with Crippen LogP contribution in [0.3, 0.4) is 0 Å². The third-order valence-electron chi connectivity index (χ3n) is 4.69. The number of nitrogens with zero attached hydrogens (tertiary/aromatic N) is 1. The number of aromatic nitrogens is 1. The van der Waals surface area contributed by atoms with Gasteiger partial charge >= 0.3 is 0 Å². The normalized spacial score (nSPS) is 10.9. The highest BCUT2D eigenvalue weighted by Crippen LogP contribution is 2.20. The number of aryl methyl sites for hydroxylation is 1. The molecule has 0 aliphatic carbocycles. The molecule has 0 aliphatic heterocycles. The van der Waals surface area contributed by atoms with Crippen LogP contribution in [0.1, 0.15) is 64.4 Å². The minimum absolute atomic E-state index is 0.569. The summed E-state index contributed by atoms with van der Waals surface area (Å²) >= 11 is 0. The van der Waals surface area contributed by atoms with E-state index in [1.54, 1.807) is 6.20 Å². The van der Waals surface area contributed by atoms with Crippen LogP contribution in [0.4, 0.5) is 0 Å². The van der Waals surface area contributed by atoms with Crippen molar-refractivity contribution in [3.63, 3.8) is 0 Å². The second-order valence-electron chi connectivity index (χ2n) is 7.05. The molecule has 0 aliphatic rings. The zero-order chi connectivity index (χ0) is 19.2. The lowest BCUT2D eigenvalue weighted by atomic mass is 10.0. The fourth-order valence-electron chi connectivity index (χ4n) is 3.01. The molecule has 0 saturated carbocycles. The van der Waals surface area contributed by atoms with Gasteiger partial charge in [-0.05, 0) is 37.0 Å². The van der Waals surface area contributed by atoms with Gasteiger partial charge < -0.3 is 9.47 Å². The number of hydrogen-bond donors (Lipinski definition) is 0. The van der Waals surface area contributed by atoms with E-state index >= 15 is 0 Å². The Bertz CT molecular complexity index is 607. The van der Waals surface area contributed by atoms with Crippen molar-refractivity contribution in [2.24, 2.45) is 0 Å². The van der Waals surface area contributed by atoms with Crippen molar-refractivity contribution in [3.05, 3.63) is 48.2 Å². The molecule has 1 aromatic heterocycles. The Morgan fingerprint density at radius 3 is 2.22 bits per heavy atom. The van der Waals surface area contributed by atoms with Gasteiger partial charge in [0.2, 0.25) is 0 Å². The van der Waals surface area contributed by atoms with Crippen LogP contribution in [0.15, 0.2) is 42.6 Å². The van der Waals surface area contributed by atoms with Gasteiger partial charge in [-0.1, -0.05) is 70.2 Å². The van der Waals surface area contributed by atoms with Crippen LogP contribution in [0.25, 0.3) is 11.3 Å². The Morgan fingerprint density at radius 1 is 0.741 bits per heavy atom. The van der Waals surface area contributed by atoms with Crippen LogP contribution < -0.4 is 4.74 Å². The van der Waals surface area contributed by atoms with Crippen molar-refractivity contribution in [1.29, 1.82) is 0 Å². The van der Waals surface area contributed by atoms with Gasteiger partial charge in [0.1, 0.15) is 12.4 Å². The second kappa shape index (κ2) is 13.3. The number of unbranched alkanes of at least 4 members (excludes halogenated alkanes) is 5. The number of pyridine rings is 1. The molecule has 148 valence electrons. The average molecular weight is 370 g/mol. The van der Waals surface area contributed by atoms with Crippen molar-refractivity contribution in [2.45, 2.75) is 65.2 Å². The van der Waals surface area contributed by atoms with Gasteiger partial charge in [-0.3, -0.25) is 4.98 Å². The number of rotatable bonds is 14. The lowest BCUT2D eigenvalue weighted by Crippen LogP contribution is -2.07. The molecule has 27 heavy (non-hydrogen) atoms. The maximum Gasteiger partial charge on any atom is 0.137 e. The third-order valence-corrected chi connectivity index (χ3v) is 4.69. The molecule has 0 N–H and O–H groups in total. The third kappa shape index (κ3) is 8.57. The van der Waals surface area contributed by atoms with Crippen molar-refractivity contribution >= 4 is 0 Å². The van der Waals surface area contributed by atoms with Crippen molar-refractivity contribution < 1.29 is 9.47 Å². The van der Waals surface area contributed by atoms with E-state index in [2.05, 4.69) is 43.1 Å². The van der Waals surface area contributed by atoms with E-state index in [1.165, 1.54) is 50.5 Å². The Labute approximate surface area is 165 Å². The highest BCUT2D eigenvalue weighted by molar-refractivity contribution is 5.59. The molecule has 0 bridgehead atoms. The summed E-state index contributed by atoms with van der Waals surface area (Å²) < 4.78 is 11.3. The van der Waals surface area contributed by atoms with E-state index in [-0.39, 0.29) is 0 Å². The highest BCUT2D eigenvalue weighted by Gasteiger charge is 2.02. The summed E-state index contributed by atoms with van der Waals surface area (Å²) in [5.41, 5.74) is 3.54. The highest BCUT2D eigenvalue weighted by atomic mass is 16.5. The predicted molar refractivity (Wildman–Crippen MR) is 113 cm³/mol.